The molecule has 3 nitrogen and oxygen atoms in total. The van der Waals surface area contributed by atoms with Gasteiger partial charge in [-0.3, -0.25) is 4.79 Å². The molecule has 1 amide bonds. The zero-order chi connectivity index (χ0) is 15.2. The van der Waals surface area contributed by atoms with Crippen LogP contribution < -0.4 is 5.32 Å². The van der Waals surface area contributed by atoms with E-state index in [2.05, 4.69) is 17.2 Å². The smallest absolute Gasteiger partial charge is 0.265 e. The standard InChI is InChI=1S/C16H14FNO2S/c1-11-5-6-12(17)10-14(11)18-16(20)15-8-7-13(21-15)4-2-3-9-19/h5-8,10,19H,3,9H2,1H3,(H,18,20). The maximum absolute atomic E-state index is 13.2. The number of nitrogens with one attached hydrogen (secondary N) is 1. The summed E-state index contributed by atoms with van der Waals surface area (Å²) in [5, 5.41) is 11.3. The molecule has 0 unspecified atom stereocenters. The van der Waals surface area contributed by atoms with Gasteiger partial charge < -0.3 is 10.4 Å². The number of anilines is 1. The van der Waals surface area contributed by atoms with Crippen molar-refractivity contribution in [3.8, 4) is 11.8 Å². The predicted octanol–water partition coefficient (Wildman–Crippen LogP) is 3.18. The number of amides is 1. The molecule has 0 spiro atoms. The molecule has 0 aliphatic rings. The van der Waals surface area contributed by atoms with Gasteiger partial charge in [0.15, 0.2) is 0 Å². The van der Waals surface area contributed by atoms with Crippen LogP contribution >= 0.6 is 11.3 Å². The first-order chi connectivity index (χ1) is 10.1. The Labute approximate surface area is 126 Å². The molecule has 0 radical (unpaired) electrons. The summed E-state index contributed by atoms with van der Waals surface area (Å²) in [6.07, 6.45) is 0.405. The molecule has 0 aliphatic carbocycles. The van der Waals surface area contributed by atoms with Gasteiger partial charge in [-0.05, 0) is 36.8 Å². The van der Waals surface area contributed by atoms with Crippen molar-refractivity contribution in [3.63, 3.8) is 0 Å². The van der Waals surface area contributed by atoms with Crippen LogP contribution in [0, 0.1) is 24.6 Å². The molecular formula is C16H14FNO2S. The molecule has 2 N–H and O–H groups in total. The number of carbonyl (C=O) groups is 1. The van der Waals surface area contributed by atoms with Gasteiger partial charge in [0.25, 0.3) is 5.91 Å². The largest absolute Gasteiger partial charge is 0.395 e. The van der Waals surface area contributed by atoms with Crippen LogP contribution in [0.15, 0.2) is 30.3 Å². The van der Waals surface area contributed by atoms with Crippen LogP contribution in [-0.2, 0) is 0 Å². The van der Waals surface area contributed by atoms with Crippen molar-refractivity contribution in [3.05, 3.63) is 51.5 Å². The van der Waals surface area contributed by atoms with Gasteiger partial charge in [-0.2, -0.15) is 0 Å². The highest BCUT2D eigenvalue weighted by Crippen LogP contribution is 2.20. The average Bonchev–Trinajstić information content (AvgIpc) is 2.92. The lowest BCUT2D eigenvalue weighted by Crippen LogP contribution is -2.11. The van der Waals surface area contributed by atoms with E-state index in [-0.39, 0.29) is 12.5 Å². The van der Waals surface area contributed by atoms with Gasteiger partial charge in [0, 0.05) is 12.1 Å². The third-order valence-corrected chi connectivity index (χ3v) is 3.73. The van der Waals surface area contributed by atoms with E-state index in [9.17, 15) is 9.18 Å². The van der Waals surface area contributed by atoms with Crippen LogP contribution in [0.1, 0.15) is 26.5 Å². The second-order valence-electron chi connectivity index (χ2n) is 4.35. The quantitative estimate of drug-likeness (QED) is 0.856. The molecule has 2 rings (SSSR count). The monoisotopic (exact) mass is 303 g/mol. The van der Waals surface area contributed by atoms with Crippen LogP contribution in [0.3, 0.4) is 0 Å². The Kier molecular flexibility index (Phi) is 5.09. The van der Waals surface area contributed by atoms with Crippen LogP contribution in [0.25, 0.3) is 0 Å². The third-order valence-electron chi connectivity index (χ3n) is 2.73. The average molecular weight is 303 g/mol. The fourth-order valence-electron chi connectivity index (χ4n) is 1.65. The summed E-state index contributed by atoms with van der Waals surface area (Å²) in [4.78, 5) is 13.4. The van der Waals surface area contributed by atoms with Crippen molar-refractivity contribution in [2.45, 2.75) is 13.3 Å². The number of rotatable bonds is 3. The molecule has 0 aliphatic heterocycles. The Bertz CT molecular complexity index is 713. The van der Waals surface area contributed by atoms with Crippen LogP contribution in [0.4, 0.5) is 10.1 Å². The van der Waals surface area contributed by atoms with Crippen molar-refractivity contribution < 1.29 is 14.3 Å². The molecule has 5 heteroatoms. The lowest BCUT2D eigenvalue weighted by Gasteiger charge is -2.07. The van der Waals surface area contributed by atoms with Crippen molar-refractivity contribution in [2.24, 2.45) is 0 Å². The predicted molar refractivity (Wildman–Crippen MR) is 82.0 cm³/mol. The van der Waals surface area contributed by atoms with E-state index in [4.69, 9.17) is 5.11 Å². The molecule has 0 atom stereocenters. The van der Waals surface area contributed by atoms with E-state index in [0.29, 0.717) is 17.0 Å². The molecule has 0 fully saturated rings. The van der Waals surface area contributed by atoms with Gasteiger partial charge in [0.05, 0.1) is 16.4 Å². The maximum Gasteiger partial charge on any atom is 0.265 e. The van der Waals surface area contributed by atoms with Gasteiger partial charge in [0.2, 0.25) is 0 Å². The highest BCUT2D eigenvalue weighted by molar-refractivity contribution is 7.14. The molecule has 108 valence electrons. The molecule has 1 heterocycles. The first-order valence-corrected chi connectivity index (χ1v) is 7.19. The number of benzene rings is 1. The van der Waals surface area contributed by atoms with Crippen LogP contribution in [-0.4, -0.2) is 17.6 Å². The molecule has 0 saturated carbocycles. The minimum atomic E-state index is -0.391. The van der Waals surface area contributed by atoms with Crippen LogP contribution in [0.5, 0.6) is 0 Å². The van der Waals surface area contributed by atoms with E-state index in [0.717, 1.165) is 10.4 Å². The Hall–Kier alpha value is -2.16. The van der Waals surface area contributed by atoms with Crippen molar-refractivity contribution >= 4 is 22.9 Å². The maximum atomic E-state index is 13.2. The molecule has 1 aromatic carbocycles. The summed E-state index contributed by atoms with van der Waals surface area (Å²) in [6.45, 7) is 1.82. The van der Waals surface area contributed by atoms with Gasteiger partial charge in [-0.15, -0.1) is 11.3 Å². The molecule has 21 heavy (non-hydrogen) atoms. The van der Waals surface area contributed by atoms with Crippen LogP contribution in [0.2, 0.25) is 0 Å². The van der Waals surface area contributed by atoms with Crippen molar-refractivity contribution in [1.82, 2.24) is 0 Å². The minimum absolute atomic E-state index is 0.0184. The number of aliphatic hydroxyl groups excluding tert-OH is 1. The lowest BCUT2D eigenvalue weighted by molar-refractivity contribution is 0.103. The first kappa shape index (κ1) is 15.2. The highest BCUT2D eigenvalue weighted by atomic mass is 32.1. The normalized spacial score (nSPS) is 9.86. The number of hydrogen-bond donors (Lipinski definition) is 2. The zero-order valence-electron chi connectivity index (χ0n) is 11.4. The Morgan fingerprint density at radius 1 is 1.38 bits per heavy atom. The second kappa shape index (κ2) is 7.02. The number of thiophene rings is 1. The fourth-order valence-corrected chi connectivity index (χ4v) is 2.42. The molecule has 2 aromatic rings. The first-order valence-electron chi connectivity index (χ1n) is 6.37. The number of halogens is 1. The summed E-state index contributed by atoms with van der Waals surface area (Å²) >= 11 is 1.26. The summed E-state index contributed by atoms with van der Waals surface area (Å²) in [5.74, 6) is 4.99. The van der Waals surface area contributed by atoms with Gasteiger partial charge in [-0.1, -0.05) is 17.9 Å². The zero-order valence-corrected chi connectivity index (χ0v) is 12.3. The number of carbonyl (C=O) groups excluding carboxylic acids is 1. The summed E-state index contributed by atoms with van der Waals surface area (Å²) in [5.41, 5.74) is 1.26. The Balaban J connectivity index is 2.11. The second-order valence-corrected chi connectivity index (χ2v) is 5.44. The Morgan fingerprint density at radius 2 is 2.19 bits per heavy atom. The highest BCUT2D eigenvalue weighted by Gasteiger charge is 2.10. The number of aryl methyl sites for hydroxylation is 1. The summed E-state index contributed by atoms with van der Waals surface area (Å²) in [7, 11) is 0. The van der Waals surface area contributed by atoms with Gasteiger partial charge in [0.1, 0.15) is 5.82 Å². The minimum Gasteiger partial charge on any atom is -0.395 e. The fraction of sp³-hybridized carbons (Fsp3) is 0.188. The Morgan fingerprint density at radius 3 is 2.95 bits per heavy atom. The summed E-state index contributed by atoms with van der Waals surface area (Å²) < 4.78 is 13.2. The van der Waals surface area contributed by atoms with Crippen molar-refractivity contribution in [1.29, 1.82) is 0 Å². The molecular weight excluding hydrogens is 289 g/mol. The van der Waals surface area contributed by atoms with E-state index < -0.39 is 5.82 Å². The number of aliphatic hydroxyl groups is 1. The molecule has 0 bridgehead atoms. The van der Waals surface area contributed by atoms with Gasteiger partial charge in [-0.25, -0.2) is 4.39 Å². The number of hydrogen-bond acceptors (Lipinski definition) is 3. The lowest BCUT2D eigenvalue weighted by atomic mass is 10.2. The van der Waals surface area contributed by atoms with E-state index in [1.807, 2.05) is 0 Å². The van der Waals surface area contributed by atoms with E-state index in [1.165, 1.54) is 23.5 Å². The van der Waals surface area contributed by atoms with Crippen molar-refractivity contribution in [2.75, 3.05) is 11.9 Å². The van der Waals surface area contributed by atoms with E-state index >= 15 is 0 Å². The molecule has 0 saturated heterocycles. The van der Waals surface area contributed by atoms with E-state index in [1.54, 1.807) is 25.1 Å². The summed E-state index contributed by atoms with van der Waals surface area (Å²) in [6, 6.07) is 7.69. The SMILES string of the molecule is Cc1ccc(F)cc1NC(=O)c1ccc(C#CCCO)s1. The third kappa shape index (κ3) is 4.15. The molecule has 1 aromatic heterocycles. The topological polar surface area (TPSA) is 49.3 Å². The van der Waals surface area contributed by atoms with Gasteiger partial charge >= 0.3 is 0 Å².